The largest absolute Gasteiger partial charge is 0.352 e. The van der Waals surface area contributed by atoms with E-state index >= 15 is 0 Å². The number of carbonyl (C=O) groups excluding carboxylic acids is 1. The SMILES string of the molecule is Cc1sc2nc(C3CC3)nc(N3CCN(C(=O)c4ccc(Cl)cc4Cl)CC3)c2c1C. The van der Waals surface area contributed by atoms with Crippen LogP contribution in [-0.2, 0) is 0 Å². The Morgan fingerprint density at radius 3 is 2.50 bits per heavy atom. The molecule has 1 aromatic carbocycles. The van der Waals surface area contributed by atoms with Crippen LogP contribution in [0.15, 0.2) is 18.2 Å². The van der Waals surface area contributed by atoms with Gasteiger partial charge in [-0.1, -0.05) is 23.2 Å². The second-order valence-electron chi connectivity index (χ2n) is 8.05. The van der Waals surface area contributed by atoms with Gasteiger partial charge in [-0.2, -0.15) is 0 Å². The molecule has 3 heterocycles. The first kappa shape index (κ1) is 20.0. The lowest BCUT2D eigenvalue weighted by atomic mass is 10.1. The van der Waals surface area contributed by atoms with Gasteiger partial charge in [0.1, 0.15) is 16.5 Å². The van der Waals surface area contributed by atoms with Crippen LogP contribution in [0.2, 0.25) is 10.0 Å². The molecule has 0 unspecified atom stereocenters. The van der Waals surface area contributed by atoms with Crippen molar-refractivity contribution in [3.05, 3.63) is 50.1 Å². The van der Waals surface area contributed by atoms with Gasteiger partial charge < -0.3 is 9.80 Å². The molecule has 2 aliphatic rings. The smallest absolute Gasteiger partial charge is 0.255 e. The van der Waals surface area contributed by atoms with Crippen molar-refractivity contribution >= 4 is 56.5 Å². The maximum absolute atomic E-state index is 13.0. The Bertz CT molecular complexity index is 1150. The summed E-state index contributed by atoms with van der Waals surface area (Å²) in [5.74, 6) is 2.46. The third-order valence-corrected chi connectivity index (χ3v) is 7.65. The number of thiophene rings is 1. The highest BCUT2D eigenvalue weighted by molar-refractivity contribution is 7.18. The second-order valence-corrected chi connectivity index (χ2v) is 10.1. The van der Waals surface area contributed by atoms with Crippen molar-refractivity contribution < 1.29 is 4.79 Å². The molecule has 1 saturated carbocycles. The molecule has 5 nitrogen and oxygen atoms in total. The summed E-state index contributed by atoms with van der Waals surface area (Å²) in [4.78, 5) is 29.4. The van der Waals surface area contributed by atoms with Crippen LogP contribution in [0.5, 0.6) is 0 Å². The number of benzene rings is 1. The highest BCUT2D eigenvalue weighted by Gasteiger charge is 2.31. The Labute approximate surface area is 189 Å². The fourth-order valence-electron chi connectivity index (χ4n) is 3.95. The van der Waals surface area contributed by atoms with Crippen molar-refractivity contribution in [1.82, 2.24) is 14.9 Å². The van der Waals surface area contributed by atoms with Crippen LogP contribution in [0.1, 0.15) is 45.4 Å². The molecule has 0 bridgehead atoms. The minimum absolute atomic E-state index is 0.0506. The highest BCUT2D eigenvalue weighted by atomic mass is 35.5. The van der Waals surface area contributed by atoms with E-state index in [1.807, 2.05) is 4.90 Å². The summed E-state index contributed by atoms with van der Waals surface area (Å²) in [6.45, 7) is 7.03. The number of amides is 1. The van der Waals surface area contributed by atoms with Crippen molar-refractivity contribution in [2.45, 2.75) is 32.6 Å². The van der Waals surface area contributed by atoms with E-state index in [-0.39, 0.29) is 5.91 Å². The van der Waals surface area contributed by atoms with Gasteiger partial charge in [-0.3, -0.25) is 4.79 Å². The highest BCUT2D eigenvalue weighted by Crippen LogP contribution is 2.42. The maximum atomic E-state index is 13.0. The van der Waals surface area contributed by atoms with Crippen molar-refractivity contribution in [1.29, 1.82) is 0 Å². The van der Waals surface area contributed by atoms with Gasteiger partial charge in [0.05, 0.1) is 16.0 Å². The van der Waals surface area contributed by atoms with Crippen LogP contribution in [0, 0.1) is 13.8 Å². The molecule has 0 N–H and O–H groups in total. The molecule has 1 aliphatic carbocycles. The Kier molecular flexibility index (Phi) is 5.12. The van der Waals surface area contributed by atoms with Crippen molar-refractivity contribution in [3.63, 3.8) is 0 Å². The number of carbonyl (C=O) groups is 1. The monoisotopic (exact) mass is 460 g/mol. The molecule has 1 amide bonds. The summed E-state index contributed by atoms with van der Waals surface area (Å²) in [5, 5.41) is 2.09. The van der Waals surface area contributed by atoms with E-state index < -0.39 is 0 Å². The lowest BCUT2D eigenvalue weighted by molar-refractivity contribution is 0.0747. The number of nitrogens with zero attached hydrogens (tertiary/aromatic N) is 4. The fourth-order valence-corrected chi connectivity index (χ4v) is 5.47. The minimum atomic E-state index is -0.0506. The molecule has 3 aromatic rings. The molecular formula is C22H22Cl2N4OS. The molecule has 8 heteroatoms. The van der Waals surface area contributed by atoms with Crippen LogP contribution < -0.4 is 4.90 Å². The number of hydrogen-bond acceptors (Lipinski definition) is 5. The first-order valence-electron chi connectivity index (χ1n) is 10.2. The summed E-state index contributed by atoms with van der Waals surface area (Å²) in [5.41, 5.74) is 1.76. The summed E-state index contributed by atoms with van der Waals surface area (Å²) in [6.07, 6.45) is 2.36. The van der Waals surface area contributed by atoms with Gasteiger partial charge in [-0.15, -0.1) is 11.3 Å². The van der Waals surface area contributed by atoms with E-state index in [4.69, 9.17) is 33.2 Å². The van der Waals surface area contributed by atoms with E-state index in [9.17, 15) is 4.79 Å². The third-order valence-electron chi connectivity index (χ3n) is 6.00. The summed E-state index contributed by atoms with van der Waals surface area (Å²) >= 11 is 14.0. The Balaban J connectivity index is 1.40. The maximum Gasteiger partial charge on any atom is 0.255 e. The van der Waals surface area contributed by atoms with Gasteiger partial charge >= 0.3 is 0 Å². The fraction of sp³-hybridized carbons (Fsp3) is 0.409. The van der Waals surface area contributed by atoms with Gasteiger partial charge in [0, 0.05) is 42.0 Å². The van der Waals surface area contributed by atoms with E-state index in [2.05, 4.69) is 18.7 Å². The molecule has 156 valence electrons. The lowest BCUT2D eigenvalue weighted by Crippen LogP contribution is -2.49. The molecule has 30 heavy (non-hydrogen) atoms. The number of hydrogen-bond donors (Lipinski definition) is 0. The zero-order valence-corrected chi connectivity index (χ0v) is 19.2. The second kappa shape index (κ2) is 7.66. The first-order valence-corrected chi connectivity index (χ1v) is 11.8. The molecule has 2 fully saturated rings. The normalized spacial score (nSPS) is 17.1. The number of piperazine rings is 1. The van der Waals surface area contributed by atoms with Gasteiger partial charge in [0.15, 0.2) is 0 Å². The van der Waals surface area contributed by atoms with Crippen LogP contribution in [0.4, 0.5) is 5.82 Å². The van der Waals surface area contributed by atoms with E-state index in [0.29, 0.717) is 34.6 Å². The molecular weight excluding hydrogens is 439 g/mol. The number of rotatable bonds is 3. The molecule has 0 radical (unpaired) electrons. The minimum Gasteiger partial charge on any atom is -0.352 e. The van der Waals surface area contributed by atoms with Gasteiger partial charge in [-0.25, -0.2) is 9.97 Å². The van der Waals surface area contributed by atoms with E-state index in [0.717, 1.165) is 29.6 Å². The molecule has 1 aliphatic heterocycles. The van der Waals surface area contributed by atoms with Crippen LogP contribution in [-0.4, -0.2) is 47.0 Å². The van der Waals surface area contributed by atoms with E-state index in [1.54, 1.807) is 29.5 Å². The molecule has 1 saturated heterocycles. The molecule has 0 atom stereocenters. The van der Waals surface area contributed by atoms with Crippen molar-refractivity contribution in [3.8, 4) is 0 Å². The quantitative estimate of drug-likeness (QED) is 0.520. The Hall–Kier alpha value is -1.89. The average Bonchev–Trinajstić information content (AvgIpc) is 3.54. The summed E-state index contributed by atoms with van der Waals surface area (Å²) in [7, 11) is 0. The molecule has 5 rings (SSSR count). The Morgan fingerprint density at radius 1 is 1.10 bits per heavy atom. The standard InChI is InChI=1S/C22H22Cl2N4OS/c1-12-13(2)30-21-18(12)20(25-19(26-21)14-3-4-14)27-7-9-28(10-8-27)22(29)16-6-5-15(23)11-17(16)24/h5-6,11,14H,3-4,7-10H2,1-2H3. The Morgan fingerprint density at radius 2 is 1.83 bits per heavy atom. The lowest BCUT2D eigenvalue weighted by Gasteiger charge is -2.36. The average molecular weight is 461 g/mol. The number of aryl methyl sites for hydroxylation is 2. The summed E-state index contributed by atoms with van der Waals surface area (Å²) < 4.78 is 0. The predicted molar refractivity (Wildman–Crippen MR) is 123 cm³/mol. The van der Waals surface area contributed by atoms with E-state index in [1.165, 1.54) is 28.7 Å². The van der Waals surface area contributed by atoms with Gasteiger partial charge in [0.2, 0.25) is 0 Å². The zero-order chi connectivity index (χ0) is 21.0. The number of halogens is 2. The third kappa shape index (κ3) is 3.55. The molecule has 2 aromatic heterocycles. The van der Waals surface area contributed by atoms with Crippen LogP contribution in [0.25, 0.3) is 10.2 Å². The number of aromatic nitrogens is 2. The predicted octanol–water partition coefficient (Wildman–Crippen LogP) is 5.45. The first-order chi connectivity index (χ1) is 14.4. The summed E-state index contributed by atoms with van der Waals surface area (Å²) in [6, 6.07) is 5.02. The van der Waals surface area contributed by atoms with Gasteiger partial charge in [-0.05, 0) is 50.5 Å². The van der Waals surface area contributed by atoms with Crippen molar-refractivity contribution in [2.24, 2.45) is 0 Å². The molecule has 0 spiro atoms. The zero-order valence-electron chi connectivity index (χ0n) is 16.9. The topological polar surface area (TPSA) is 49.3 Å². The number of fused-ring (bicyclic) bond motifs is 1. The number of anilines is 1. The van der Waals surface area contributed by atoms with Gasteiger partial charge in [0.25, 0.3) is 5.91 Å². The van der Waals surface area contributed by atoms with Crippen LogP contribution in [0.3, 0.4) is 0 Å². The van der Waals surface area contributed by atoms with Crippen molar-refractivity contribution in [2.75, 3.05) is 31.1 Å². The van der Waals surface area contributed by atoms with Crippen LogP contribution >= 0.6 is 34.5 Å².